The molecule has 0 saturated heterocycles. The Balaban J connectivity index is 1.43. The normalized spacial score (nSPS) is 11.0. The molecule has 0 fully saturated rings. The van der Waals surface area contributed by atoms with Crippen molar-refractivity contribution in [3.8, 4) is 22.5 Å². The minimum atomic E-state index is 0.716. The van der Waals surface area contributed by atoms with Crippen LogP contribution in [0.5, 0.6) is 0 Å². The summed E-state index contributed by atoms with van der Waals surface area (Å²) in [7, 11) is 0. The number of benzene rings is 5. The van der Waals surface area contributed by atoms with Gasteiger partial charge in [-0.3, -0.25) is 4.90 Å². The van der Waals surface area contributed by atoms with Crippen molar-refractivity contribution in [1.82, 2.24) is 9.97 Å². The lowest BCUT2D eigenvalue weighted by molar-refractivity contribution is 0.667. The van der Waals surface area contributed by atoms with Crippen molar-refractivity contribution >= 4 is 28.1 Å². The number of para-hydroxylation sites is 3. The smallest absolute Gasteiger partial charge is 0.162 e. The maximum absolute atomic E-state index is 5.25. The number of hydrogen-bond acceptors (Lipinski definition) is 3. The van der Waals surface area contributed by atoms with Crippen molar-refractivity contribution in [2.45, 2.75) is 39.0 Å². The number of fused-ring (bicyclic) bond motifs is 1. The van der Waals surface area contributed by atoms with Crippen LogP contribution in [0.3, 0.4) is 0 Å². The molecule has 0 saturated carbocycles. The van der Waals surface area contributed by atoms with E-state index in [2.05, 4.69) is 127 Å². The molecule has 1 heterocycles. The summed E-state index contributed by atoms with van der Waals surface area (Å²) >= 11 is 0. The van der Waals surface area contributed by atoms with Gasteiger partial charge in [-0.15, -0.1) is 0 Å². The van der Waals surface area contributed by atoms with Gasteiger partial charge >= 0.3 is 0 Å². The van der Waals surface area contributed by atoms with Crippen LogP contribution in [0.2, 0.25) is 0 Å². The van der Waals surface area contributed by atoms with E-state index >= 15 is 0 Å². The molecule has 41 heavy (non-hydrogen) atoms. The zero-order valence-electron chi connectivity index (χ0n) is 23.6. The average Bonchev–Trinajstić information content (AvgIpc) is 3.04. The van der Waals surface area contributed by atoms with Crippen LogP contribution in [0.4, 0.5) is 17.2 Å². The number of aryl methyl sites for hydroxylation is 1. The molecule has 0 aliphatic heterocycles. The quantitative estimate of drug-likeness (QED) is 0.164. The Morgan fingerprint density at radius 3 is 1.90 bits per heavy atom. The van der Waals surface area contributed by atoms with E-state index in [1.54, 1.807) is 0 Å². The van der Waals surface area contributed by atoms with Crippen molar-refractivity contribution < 1.29 is 0 Å². The van der Waals surface area contributed by atoms with Gasteiger partial charge in [-0.05, 0) is 72.0 Å². The fourth-order valence-electron chi connectivity index (χ4n) is 5.41. The van der Waals surface area contributed by atoms with Crippen molar-refractivity contribution in [3.05, 3.63) is 139 Å². The van der Waals surface area contributed by atoms with E-state index in [0.717, 1.165) is 40.1 Å². The molecule has 202 valence electrons. The average molecular weight is 534 g/mol. The molecule has 0 radical (unpaired) electrons. The first-order chi connectivity index (χ1) is 20.3. The van der Waals surface area contributed by atoms with E-state index < -0.39 is 0 Å². The zero-order valence-corrected chi connectivity index (χ0v) is 23.6. The Morgan fingerprint density at radius 2 is 1.17 bits per heavy atom. The van der Waals surface area contributed by atoms with Gasteiger partial charge in [0.05, 0.1) is 5.52 Å². The molecule has 0 atom stereocenters. The van der Waals surface area contributed by atoms with Gasteiger partial charge in [-0.2, -0.15) is 0 Å². The highest BCUT2D eigenvalue weighted by Crippen LogP contribution is 2.38. The van der Waals surface area contributed by atoms with E-state index in [1.165, 1.54) is 42.4 Å². The molecule has 6 aromatic rings. The number of unbranched alkanes of at least 4 members (excludes halogenated alkanes) is 3. The van der Waals surface area contributed by atoms with Gasteiger partial charge in [0.2, 0.25) is 0 Å². The first kappa shape index (κ1) is 26.5. The lowest BCUT2D eigenvalue weighted by Gasteiger charge is -2.26. The van der Waals surface area contributed by atoms with Crippen LogP contribution < -0.4 is 4.90 Å². The van der Waals surface area contributed by atoms with Crippen LogP contribution >= 0.6 is 0 Å². The molecule has 0 bridgehead atoms. The van der Waals surface area contributed by atoms with Crippen LogP contribution in [-0.4, -0.2) is 9.97 Å². The van der Waals surface area contributed by atoms with Gasteiger partial charge in [0.15, 0.2) is 5.82 Å². The summed E-state index contributed by atoms with van der Waals surface area (Å²) in [6.45, 7) is 2.26. The van der Waals surface area contributed by atoms with Gasteiger partial charge in [0.25, 0.3) is 0 Å². The fourth-order valence-corrected chi connectivity index (χ4v) is 5.41. The molecule has 0 aliphatic carbocycles. The Bertz CT molecular complexity index is 1690. The van der Waals surface area contributed by atoms with Gasteiger partial charge < -0.3 is 0 Å². The van der Waals surface area contributed by atoms with Crippen LogP contribution in [0.25, 0.3) is 33.4 Å². The SMILES string of the molecule is CCCCCCc1cccc(-c2cccc(-c3nc(N(c4ccccc4)c4ccccc4)c4ccccc4n3)c2)c1. The van der Waals surface area contributed by atoms with E-state index in [4.69, 9.17) is 9.97 Å². The summed E-state index contributed by atoms with van der Waals surface area (Å²) in [6, 6.07) is 46.7. The fraction of sp³-hybridized carbons (Fsp3) is 0.158. The lowest BCUT2D eigenvalue weighted by atomic mass is 9.98. The molecule has 0 spiro atoms. The number of anilines is 3. The molecule has 0 amide bonds. The zero-order chi connectivity index (χ0) is 27.9. The molecule has 0 aliphatic rings. The second-order valence-corrected chi connectivity index (χ2v) is 10.5. The van der Waals surface area contributed by atoms with Crippen molar-refractivity contribution in [3.63, 3.8) is 0 Å². The molecule has 1 aromatic heterocycles. The maximum atomic E-state index is 5.25. The minimum absolute atomic E-state index is 0.716. The van der Waals surface area contributed by atoms with E-state index in [0.29, 0.717) is 5.82 Å². The van der Waals surface area contributed by atoms with Crippen molar-refractivity contribution in [2.24, 2.45) is 0 Å². The van der Waals surface area contributed by atoms with Crippen LogP contribution in [0.1, 0.15) is 38.2 Å². The second-order valence-electron chi connectivity index (χ2n) is 10.5. The third-order valence-electron chi connectivity index (χ3n) is 7.52. The summed E-state index contributed by atoms with van der Waals surface area (Å²) in [5, 5.41) is 1.01. The first-order valence-corrected chi connectivity index (χ1v) is 14.7. The Labute approximate surface area is 243 Å². The number of aromatic nitrogens is 2. The third kappa shape index (κ3) is 6.05. The molecule has 3 nitrogen and oxygen atoms in total. The molecular formula is C38H35N3. The molecular weight excluding hydrogens is 498 g/mol. The van der Waals surface area contributed by atoms with E-state index in [-0.39, 0.29) is 0 Å². The second kappa shape index (κ2) is 12.6. The highest BCUT2D eigenvalue weighted by atomic mass is 15.2. The summed E-state index contributed by atoms with van der Waals surface area (Å²) in [5.74, 6) is 1.58. The Morgan fingerprint density at radius 1 is 0.537 bits per heavy atom. The van der Waals surface area contributed by atoms with E-state index in [1.807, 2.05) is 18.2 Å². The highest BCUT2D eigenvalue weighted by Gasteiger charge is 2.19. The van der Waals surface area contributed by atoms with Gasteiger partial charge in [0, 0.05) is 22.3 Å². The highest BCUT2D eigenvalue weighted by molar-refractivity contribution is 5.96. The summed E-state index contributed by atoms with van der Waals surface area (Å²) < 4.78 is 0. The van der Waals surface area contributed by atoms with Gasteiger partial charge in [-0.25, -0.2) is 9.97 Å². The predicted octanol–water partition coefficient (Wildman–Crippen LogP) is 10.6. The monoisotopic (exact) mass is 533 g/mol. The standard InChI is InChI=1S/C38H35N3/c1-2-3-4-7-16-29-17-14-18-30(27-29)31-19-15-20-32(28-31)37-39-36-26-13-12-25-35(36)38(40-37)41(33-21-8-5-9-22-33)34-23-10-6-11-24-34/h5-6,8-15,17-28H,2-4,7,16H2,1H3. The van der Waals surface area contributed by atoms with Crippen molar-refractivity contribution in [2.75, 3.05) is 4.90 Å². The van der Waals surface area contributed by atoms with E-state index in [9.17, 15) is 0 Å². The summed E-state index contributed by atoms with van der Waals surface area (Å²) in [5.41, 5.74) is 7.84. The number of rotatable bonds is 10. The third-order valence-corrected chi connectivity index (χ3v) is 7.52. The lowest BCUT2D eigenvalue weighted by Crippen LogP contribution is -2.13. The Hall–Kier alpha value is -4.76. The predicted molar refractivity (Wildman–Crippen MR) is 173 cm³/mol. The van der Waals surface area contributed by atoms with Crippen LogP contribution in [0.15, 0.2) is 133 Å². The molecule has 0 N–H and O–H groups in total. The Kier molecular flexibility index (Phi) is 8.14. The number of nitrogens with zero attached hydrogens (tertiary/aromatic N) is 3. The van der Waals surface area contributed by atoms with Gasteiger partial charge in [-0.1, -0.05) is 117 Å². The maximum Gasteiger partial charge on any atom is 0.162 e. The topological polar surface area (TPSA) is 29.0 Å². The van der Waals surface area contributed by atoms with Crippen molar-refractivity contribution in [1.29, 1.82) is 0 Å². The summed E-state index contributed by atoms with van der Waals surface area (Å²) in [6.07, 6.45) is 6.23. The summed E-state index contributed by atoms with van der Waals surface area (Å²) in [4.78, 5) is 12.5. The molecule has 5 aromatic carbocycles. The molecule has 3 heteroatoms. The van der Waals surface area contributed by atoms with Gasteiger partial charge in [0.1, 0.15) is 5.82 Å². The molecule has 0 unspecified atom stereocenters. The largest absolute Gasteiger partial charge is 0.294 e. The number of hydrogen-bond donors (Lipinski definition) is 0. The minimum Gasteiger partial charge on any atom is -0.294 e. The molecule has 6 rings (SSSR count). The van der Waals surface area contributed by atoms with Crippen LogP contribution in [0, 0.1) is 0 Å². The first-order valence-electron chi connectivity index (χ1n) is 14.7. The van der Waals surface area contributed by atoms with Crippen LogP contribution in [-0.2, 0) is 6.42 Å².